The fourth-order valence-corrected chi connectivity index (χ4v) is 4.14. The zero-order chi connectivity index (χ0) is 21.1. The molecule has 9 heteroatoms. The first-order chi connectivity index (χ1) is 13.8. The number of fused-ring (bicyclic) bond motifs is 1. The van der Waals surface area contributed by atoms with E-state index in [-0.39, 0.29) is 35.9 Å². The van der Waals surface area contributed by atoms with E-state index in [1.54, 1.807) is 18.9 Å². The molecule has 0 bridgehead atoms. The lowest BCUT2D eigenvalue weighted by Crippen LogP contribution is -2.43. The molecule has 2 amide bonds. The molecule has 2 atom stereocenters. The van der Waals surface area contributed by atoms with Gasteiger partial charge in [-0.1, -0.05) is 0 Å². The van der Waals surface area contributed by atoms with Gasteiger partial charge in [0.1, 0.15) is 12.4 Å². The van der Waals surface area contributed by atoms with Crippen LogP contribution in [0, 0.1) is 12.8 Å². The number of aromatic nitrogens is 2. The van der Waals surface area contributed by atoms with E-state index in [1.807, 2.05) is 14.0 Å². The summed E-state index contributed by atoms with van der Waals surface area (Å²) in [5.74, 6) is 0.425. The number of rotatable bonds is 5. The number of hydrogen-bond donors (Lipinski definition) is 1. The van der Waals surface area contributed by atoms with Crippen molar-refractivity contribution in [2.45, 2.75) is 45.8 Å². The van der Waals surface area contributed by atoms with Gasteiger partial charge in [0.25, 0.3) is 5.56 Å². The van der Waals surface area contributed by atoms with Crippen molar-refractivity contribution in [2.75, 3.05) is 33.4 Å². The van der Waals surface area contributed by atoms with E-state index in [4.69, 9.17) is 4.74 Å². The Bertz CT molecular complexity index is 837. The van der Waals surface area contributed by atoms with Crippen LogP contribution < -0.4 is 10.9 Å². The van der Waals surface area contributed by atoms with Crippen LogP contribution in [-0.4, -0.2) is 70.6 Å². The number of nitrogens with zero attached hydrogens (tertiary/aromatic N) is 4. The molecule has 0 unspecified atom stereocenters. The summed E-state index contributed by atoms with van der Waals surface area (Å²) in [6.07, 6.45) is 1.43. The molecule has 0 radical (unpaired) electrons. The van der Waals surface area contributed by atoms with Crippen molar-refractivity contribution in [3.8, 4) is 0 Å². The largest absolute Gasteiger partial charge is 0.372 e. The Hall–Kier alpha value is -2.26. The molecule has 1 N–H and O–H groups in total. The van der Waals surface area contributed by atoms with Gasteiger partial charge < -0.3 is 19.9 Å². The lowest BCUT2D eigenvalue weighted by Gasteiger charge is -2.24. The molecule has 1 saturated heterocycles. The first kappa shape index (κ1) is 21.4. The molecule has 2 aliphatic rings. The number of amides is 2. The summed E-state index contributed by atoms with van der Waals surface area (Å²) < 4.78 is 6.69. The second-order valence-corrected chi connectivity index (χ2v) is 8.04. The van der Waals surface area contributed by atoms with Gasteiger partial charge in [-0.25, -0.2) is 4.98 Å². The van der Waals surface area contributed by atoms with Crippen molar-refractivity contribution >= 4 is 11.8 Å². The van der Waals surface area contributed by atoms with Gasteiger partial charge in [0, 0.05) is 32.8 Å². The molecule has 9 nitrogen and oxygen atoms in total. The Labute approximate surface area is 171 Å². The summed E-state index contributed by atoms with van der Waals surface area (Å²) in [7, 11) is 3.67. The minimum atomic E-state index is -0.159. The minimum Gasteiger partial charge on any atom is -0.372 e. The quantitative estimate of drug-likeness (QED) is 0.728. The van der Waals surface area contributed by atoms with Crippen molar-refractivity contribution in [1.29, 1.82) is 0 Å². The molecule has 3 heterocycles. The van der Waals surface area contributed by atoms with Crippen LogP contribution in [0.1, 0.15) is 36.8 Å². The zero-order valence-electron chi connectivity index (χ0n) is 17.7. The van der Waals surface area contributed by atoms with E-state index in [0.717, 1.165) is 6.42 Å². The molecule has 3 rings (SSSR count). The summed E-state index contributed by atoms with van der Waals surface area (Å²) in [5.41, 5.74) is 1.26. The number of hydrogen-bond acceptors (Lipinski definition) is 6. The van der Waals surface area contributed by atoms with Crippen molar-refractivity contribution in [2.24, 2.45) is 13.0 Å². The summed E-state index contributed by atoms with van der Waals surface area (Å²) in [6, 6.07) is -0.00172. The van der Waals surface area contributed by atoms with Crippen LogP contribution in [0.3, 0.4) is 0 Å². The third kappa shape index (κ3) is 4.84. The molecular formula is C20H31N5O4. The van der Waals surface area contributed by atoms with Crippen molar-refractivity contribution in [1.82, 2.24) is 24.7 Å². The SMILES string of the molecule is CCOCC(=O)N[C@H]1CC[C@@H](C(=O)N2Cc3nc(C)n(C)c(=O)c3C2)CN(C)C1. The molecular weight excluding hydrogens is 374 g/mol. The maximum absolute atomic E-state index is 13.2. The lowest BCUT2D eigenvalue weighted by molar-refractivity contribution is -0.136. The first-order valence-corrected chi connectivity index (χ1v) is 10.2. The fraction of sp³-hybridized carbons (Fsp3) is 0.700. The van der Waals surface area contributed by atoms with Crippen LogP contribution in [-0.2, 0) is 34.5 Å². The van der Waals surface area contributed by atoms with Crippen LogP contribution in [0.25, 0.3) is 0 Å². The van der Waals surface area contributed by atoms with Gasteiger partial charge >= 0.3 is 0 Å². The van der Waals surface area contributed by atoms with Crippen molar-refractivity contribution in [3.05, 3.63) is 27.4 Å². The number of likely N-dealkylation sites (N-methyl/N-ethyl adjacent to an activating group) is 1. The highest BCUT2D eigenvalue weighted by molar-refractivity contribution is 5.80. The van der Waals surface area contributed by atoms with Gasteiger partial charge in [-0.3, -0.25) is 19.0 Å². The van der Waals surface area contributed by atoms with Crippen LogP contribution in [0.4, 0.5) is 0 Å². The van der Waals surface area contributed by atoms with Crippen molar-refractivity contribution < 1.29 is 14.3 Å². The summed E-state index contributed by atoms with van der Waals surface area (Å²) >= 11 is 0. The van der Waals surface area contributed by atoms with Crippen molar-refractivity contribution in [3.63, 3.8) is 0 Å². The van der Waals surface area contributed by atoms with Gasteiger partial charge in [0.2, 0.25) is 11.8 Å². The third-order valence-corrected chi connectivity index (χ3v) is 5.77. The maximum atomic E-state index is 13.2. The molecule has 2 aliphatic heterocycles. The van der Waals surface area contributed by atoms with E-state index in [9.17, 15) is 14.4 Å². The molecule has 0 aliphatic carbocycles. The standard InChI is InChI=1S/C20H31N5O4/c1-5-29-12-18(26)22-15-7-6-14(8-23(3)9-15)19(27)25-10-16-17(11-25)21-13(2)24(4)20(16)28/h14-15H,5-12H2,1-4H3,(H,22,26)/t14-,15+/m1/s1. The van der Waals surface area contributed by atoms with E-state index >= 15 is 0 Å². The van der Waals surface area contributed by atoms with Crippen LogP contribution >= 0.6 is 0 Å². The average Bonchev–Trinajstić information content (AvgIpc) is 3.01. The Balaban J connectivity index is 1.62. The second-order valence-electron chi connectivity index (χ2n) is 8.04. The molecule has 1 fully saturated rings. The highest BCUT2D eigenvalue weighted by Gasteiger charge is 2.34. The van der Waals surface area contributed by atoms with Crippen LogP contribution in [0.15, 0.2) is 4.79 Å². The highest BCUT2D eigenvalue weighted by Crippen LogP contribution is 2.24. The number of carbonyl (C=O) groups excluding carboxylic acids is 2. The molecule has 1 aromatic heterocycles. The monoisotopic (exact) mass is 405 g/mol. The summed E-state index contributed by atoms with van der Waals surface area (Å²) in [6.45, 7) is 6.26. The first-order valence-electron chi connectivity index (χ1n) is 10.2. The molecule has 0 saturated carbocycles. The molecule has 0 spiro atoms. The van der Waals surface area contributed by atoms with Gasteiger partial charge in [0.15, 0.2) is 0 Å². The average molecular weight is 405 g/mol. The predicted molar refractivity (Wildman–Crippen MR) is 107 cm³/mol. The van der Waals surface area contributed by atoms with Gasteiger partial charge in [-0.15, -0.1) is 0 Å². The molecule has 29 heavy (non-hydrogen) atoms. The van der Waals surface area contributed by atoms with E-state index in [2.05, 4.69) is 15.2 Å². The van der Waals surface area contributed by atoms with E-state index < -0.39 is 0 Å². The minimum absolute atomic E-state index is 0.00172. The number of nitrogens with one attached hydrogen (secondary N) is 1. The number of carbonyl (C=O) groups is 2. The maximum Gasteiger partial charge on any atom is 0.258 e. The normalized spacial score (nSPS) is 22.3. The Morgan fingerprint density at radius 3 is 2.69 bits per heavy atom. The fourth-order valence-electron chi connectivity index (χ4n) is 4.14. The molecule has 160 valence electrons. The van der Waals surface area contributed by atoms with Crippen LogP contribution in [0.5, 0.6) is 0 Å². The van der Waals surface area contributed by atoms with Gasteiger partial charge in [0.05, 0.1) is 30.3 Å². The van der Waals surface area contributed by atoms with Gasteiger partial charge in [-0.05, 0) is 33.7 Å². The number of ether oxygens (including phenoxy) is 1. The second kappa shape index (κ2) is 9.04. The predicted octanol–water partition coefficient (Wildman–Crippen LogP) is -0.206. The molecule has 1 aromatic rings. The highest BCUT2D eigenvalue weighted by atomic mass is 16.5. The van der Waals surface area contributed by atoms with E-state index in [1.165, 1.54) is 4.57 Å². The summed E-state index contributed by atoms with van der Waals surface area (Å²) in [4.78, 5) is 45.9. The third-order valence-electron chi connectivity index (χ3n) is 5.77. The van der Waals surface area contributed by atoms with Gasteiger partial charge in [-0.2, -0.15) is 0 Å². The lowest BCUT2D eigenvalue weighted by atomic mass is 10.0. The zero-order valence-corrected chi connectivity index (χ0v) is 17.7. The number of likely N-dealkylation sites (tertiary alicyclic amines) is 1. The Kier molecular flexibility index (Phi) is 6.69. The van der Waals surface area contributed by atoms with Crippen LogP contribution in [0.2, 0.25) is 0 Å². The van der Waals surface area contributed by atoms with E-state index in [0.29, 0.717) is 56.3 Å². The Morgan fingerprint density at radius 1 is 1.21 bits per heavy atom. The number of aryl methyl sites for hydroxylation is 1. The Morgan fingerprint density at radius 2 is 1.97 bits per heavy atom. The summed E-state index contributed by atoms with van der Waals surface area (Å²) in [5, 5.41) is 3.00. The molecule has 0 aromatic carbocycles. The topological polar surface area (TPSA) is 96.8 Å². The smallest absolute Gasteiger partial charge is 0.258 e.